The number of rotatable bonds is 7. The van der Waals surface area contributed by atoms with E-state index in [0.29, 0.717) is 17.1 Å². The smallest absolute Gasteiger partial charge is 0.357 e. The number of methoxy groups -OCH3 is 1. The molecule has 0 atom stereocenters. The van der Waals surface area contributed by atoms with Crippen molar-refractivity contribution in [1.82, 2.24) is 9.78 Å². The van der Waals surface area contributed by atoms with Crippen molar-refractivity contribution < 1.29 is 19.1 Å². The van der Waals surface area contributed by atoms with Crippen molar-refractivity contribution in [3.05, 3.63) is 83.9 Å². The van der Waals surface area contributed by atoms with E-state index < -0.39 is 18.5 Å². The summed E-state index contributed by atoms with van der Waals surface area (Å²) in [5, 5.41) is 9.19. The van der Waals surface area contributed by atoms with Crippen molar-refractivity contribution in [2.75, 3.05) is 19.0 Å². The van der Waals surface area contributed by atoms with Gasteiger partial charge in [-0.2, -0.15) is 5.10 Å². The third-order valence-corrected chi connectivity index (χ3v) is 5.27. The van der Waals surface area contributed by atoms with Gasteiger partial charge in [0.2, 0.25) is 0 Å². The van der Waals surface area contributed by atoms with Crippen molar-refractivity contribution in [2.24, 2.45) is 0 Å². The molecule has 1 N–H and O–H groups in total. The summed E-state index contributed by atoms with van der Waals surface area (Å²) in [5.74, 6) is -0.478. The van der Waals surface area contributed by atoms with Gasteiger partial charge in [0.15, 0.2) is 12.3 Å². The molecular formula is C23H19N3O4S. The number of carbonyl (C=O) groups excluding carboxylic acids is 2. The van der Waals surface area contributed by atoms with E-state index in [-0.39, 0.29) is 5.69 Å². The molecule has 2 aromatic heterocycles. The van der Waals surface area contributed by atoms with Gasteiger partial charge in [-0.15, -0.1) is 11.3 Å². The van der Waals surface area contributed by atoms with Gasteiger partial charge in [-0.05, 0) is 35.7 Å². The van der Waals surface area contributed by atoms with E-state index in [2.05, 4.69) is 10.4 Å². The molecule has 8 heteroatoms. The van der Waals surface area contributed by atoms with Gasteiger partial charge in [0.05, 0.1) is 17.7 Å². The summed E-state index contributed by atoms with van der Waals surface area (Å²) >= 11 is 1.53. The summed E-state index contributed by atoms with van der Waals surface area (Å²) in [6.07, 6.45) is 0. The molecule has 0 spiro atoms. The predicted octanol–water partition coefficient (Wildman–Crippen LogP) is 4.40. The summed E-state index contributed by atoms with van der Waals surface area (Å²) in [7, 11) is 1.54. The molecule has 2 heterocycles. The largest absolute Gasteiger partial charge is 0.497 e. The zero-order chi connectivity index (χ0) is 21.6. The monoisotopic (exact) mass is 433 g/mol. The van der Waals surface area contributed by atoms with Crippen LogP contribution in [0, 0.1) is 0 Å². The fraction of sp³-hybridized carbons (Fsp3) is 0.0870. The van der Waals surface area contributed by atoms with Gasteiger partial charge >= 0.3 is 5.97 Å². The van der Waals surface area contributed by atoms with Crippen LogP contribution in [0.3, 0.4) is 0 Å². The second-order valence-electron chi connectivity index (χ2n) is 6.50. The fourth-order valence-electron chi connectivity index (χ4n) is 2.94. The highest BCUT2D eigenvalue weighted by molar-refractivity contribution is 7.13. The van der Waals surface area contributed by atoms with E-state index in [1.165, 1.54) is 16.0 Å². The maximum atomic E-state index is 12.8. The Kier molecular flexibility index (Phi) is 6.09. The predicted molar refractivity (Wildman–Crippen MR) is 119 cm³/mol. The zero-order valence-corrected chi connectivity index (χ0v) is 17.5. The molecule has 0 fully saturated rings. The Labute approximate surface area is 182 Å². The van der Waals surface area contributed by atoms with Crippen LogP contribution in [0.25, 0.3) is 16.3 Å². The lowest BCUT2D eigenvalue weighted by Crippen LogP contribution is -2.22. The number of benzene rings is 2. The van der Waals surface area contributed by atoms with Crippen LogP contribution in [0.5, 0.6) is 5.75 Å². The van der Waals surface area contributed by atoms with E-state index >= 15 is 0 Å². The van der Waals surface area contributed by atoms with E-state index in [9.17, 15) is 9.59 Å². The number of hydrogen-bond donors (Lipinski definition) is 1. The van der Waals surface area contributed by atoms with Crippen LogP contribution in [0.15, 0.2) is 78.2 Å². The van der Waals surface area contributed by atoms with Crippen molar-refractivity contribution in [3.8, 4) is 22.0 Å². The van der Waals surface area contributed by atoms with Crippen molar-refractivity contribution in [3.63, 3.8) is 0 Å². The Morgan fingerprint density at radius 3 is 2.61 bits per heavy atom. The minimum Gasteiger partial charge on any atom is -0.497 e. The normalized spacial score (nSPS) is 10.5. The third kappa shape index (κ3) is 4.81. The Morgan fingerprint density at radius 2 is 1.87 bits per heavy atom. The maximum Gasteiger partial charge on any atom is 0.357 e. The quantitative estimate of drug-likeness (QED) is 0.437. The Balaban J connectivity index is 1.50. The van der Waals surface area contributed by atoms with Gasteiger partial charge in [-0.1, -0.05) is 30.3 Å². The van der Waals surface area contributed by atoms with Crippen LogP contribution in [0.2, 0.25) is 0 Å². The van der Waals surface area contributed by atoms with E-state index in [0.717, 1.165) is 10.6 Å². The summed E-state index contributed by atoms with van der Waals surface area (Å²) in [6, 6.07) is 21.7. The fourth-order valence-corrected chi connectivity index (χ4v) is 3.62. The number of nitrogens with zero attached hydrogens (tertiary/aromatic N) is 2. The lowest BCUT2D eigenvalue weighted by atomic mass is 10.3. The number of thiophene rings is 1. The van der Waals surface area contributed by atoms with Crippen molar-refractivity contribution in [1.29, 1.82) is 0 Å². The Bertz CT molecular complexity index is 1190. The van der Waals surface area contributed by atoms with Crippen LogP contribution in [-0.4, -0.2) is 35.4 Å². The lowest BCUT2D eigenvalue weighted by Gasteiger charge is -2.09. The topological polar surface area (TPSA) is 82.4 Å². The van der Waals surface area contributed by atoms with Crippen molar-refractivity contribution >= 4 is 28.9 Å². The number of amides is 1. The molecule has 2 aromatic carbocycles. The molecule has 0 aliphatic carbocycles. The second kappa shape index (κ2) is 9.27. The van der Waals surface area contributed by atoms with Crippen LogP contribution in [-0.2, 0) is 9.53 Å². The number of nitrogens with one attached hydrogen (secondary N) is 1. The Hall–Kier alpha value is -3.91. The first-order valence-electron chi connectivity index (χ1n) is 9.44. The molecule has 31 heavy (non-hydrogen) atoms. The van der Waals surface area contributed by atoms with Gasteiger partial charge < -0.3 is 14.8 Å². The highest BCUT2D eigenvalue weighted by atomic mass is 32.1. The lowest BCUT2D eigenvalue weighted by molar-refractivity contribution is -0.119. The summed E-state index contributed by atoms with van der Waals surface area (Å²) in [5.41, 5.74) is 2.17. The highest BCUT2D eigenvalue weighted by Gasteiger charge is 2.20. The van der Waals surface area contributed by atoms with Gasteiger partial charge in [-0.25, -0.2) is 9.48 Å². The van der Waals surface area contributed by atoms with Gasteiger partial charge in [0, 0.05) is 17.8 Å². The van der Waals surface area contributed by atoms with Crippen LogP contribution in [0.1, 0.15) is 10.5 Å². The number of hydrogen-bond acceptors (Lipinski definition) is 6. The SMILES string of the molecule is COc1cccc(NC(=O)COC(=O)c2cc(-c3cccs3)nn2-c2ccccc2)c1. The molecule has 0 aliphatic heterocycles. The van der Waals surface area contributed by atoms with Gasteiger partial charge in [0.25, 0.3) is 5.91 Å². The third-order valence-electron chi connectivity index (χ3n) is 4.38. The van der Waals surface area contributed by atoms with E-state index in [4.69, 9.17) is 9.47 Å². The second-order valence-corrected chi connectivity index (χ2v) is 7.44. The van der Waals surface area contributed by atoms with Gasteiger partial charge in [-0.3, -0.25) is 4.79 Å². The number of aromatic nitrogens is 2. The highest BCUT2D eigenvalue weighted by Crippen LogP contribution is 2.26. The van der Waals surface area contributed by atoms with E-state index in [1.807, 2.05) is 47.8 Å². The first-order chi connectivity index (χ1) is 15.1. The summed E-state index contributed by atoms with van der Waals surface area (Å²) in [6.45, 7) is -0.426. The number of ether oxygens (including phenoxy) is 2. The molecule has 4 aromatic rings. The molecule has 4 rings (SSSR count). The molecule has 0 unspecified atom stereocenters. The molecule has 7 nitrogen and oxygen atoms in total. The van der Waals surface area contributed by atoms with Crippen LogP contribution < -0.4 is 10.1 Å². The van der Waals surface area contributed by atoms with E-state index in [1.54, 1.807) is 37.4 Å². The minimum absolute atomic E-state index is 0.240. The summed E-state index contributed by atoms with van der Waals surface area (Å²) < 4.78 is 11.9. The number of carbonyl (C=O) groups is 2. The number of esters is 1. The first kappa shape index (κ1) is 20.4. The molecule has 0 bridgehead atoms. The molecule has 0 saturated heterocycles. The van der Waals surface area contributed by atoms with Gasteiger partial charge in [0.1, 0.15) is 11.4 Å². The Morgan fingerprint density at radius 1 is 1.03 bits per heavy atom. The van der Waals surface area contributed by atoms with Crippen LogP contribution >= 0.6 is 11.3 Å². The standard InChI is InChI=1S/C23H19N3O4S/c1-29-18-10-5-7-16(13-18)24-22(27)15-30-23(28)20-14-19(21-11-6-12-31-21)25-26(20)17-8-3-2-4-9-17/h2-14H,15H2,1H3,(H,24,27). The molecule has 1 amide bonds. The number of para-hydroxylation sites is 1. The molecule has 156 valence electrons. The molecule has 0 radical (unpaired) electrons. The number of anilines is 1. The van der Waals surface area contributed by atoms with Crippen molar-refractivity contribution in [2.45, 2.75) is 0 Å². The average molecular weight is 433 g/mol. The molecule has 0 aliphatic rings. The average Bonchev–Trinajstić information content (AvgIpc) is 3.48. The maximum absolute atomic E-state index is 12.8. The zero-order valence-electron chi connectivity index (χ0n) is 16.6. The minimum atomic E-state index is -0.639. The molecular weight excluding hydrogens is 414 g/mol. The summed E-state index contributed by atoms with van der Waals surface area (Å²) in [4.78, 5) is 26.0. The van der Waals surface area contributed by atoms with Crippen LogP contribution in [0.4, 0.5) is 5.69 Å². The molecule has 0 saturated carbocycles. The first-order valence-corrected chi connectivity index (χ1v) is 10.3.